The Labute approximate surface area is 100 Å². The van der Waals surface area contributed by atoms with Crippen LogP contribution in [0.4, 0.5) is 5.69 Å². The first kappa shape index (κ1) is 10.4. The van der Waals surface area contributed by atoms with Gasteiger partial charge in [-0.2, -0.15) is 0 Å². The highest BCUT2D eigenvalue weighted by Gasteiger charge is 2.50. The summed E-state index contributed by atoms with van der Waals surface area (Å²) in [6, 6.07) is 5.72. The van der Waals surface area contributed by atoms with Crippen LogP contribution in [0.5, 0.6) is 0 Å². The van der Waals surface area contributed by atoms with E-state index in [1.165, 1.54) is 0 Å². The predicted molar refractivity (Wildman–Crippen MR) is 65.0 cm³/mol. The summed E-state index contributed by atoms with van der Waals surface area (Å²) in [5.74, 6) is 0. The number of fused-ring (bicyclic) bond motifs is 1. The summed E-state index contributed by atoms with van der Waals surface area (Å²) in [5.41, 5.74) is 1.88. The fourth-order valence-corrected chi connectivity index (χ4v) is 3.14. The van der Waals surface area contributed by atoms with E-state index < -0.39 is 6.10 Å². The van der Waals surface area contributed by atoms with E-state index in [-0.39, 0.29) is 5.54 Å². The third-order valence-electron chi connectivity index (χ3n) is 3.99. The molecule has 4 heteroatoms. The van der Waals surface area contributed by atoms with Crippen LogP contribution in [0.2, 0.25) is 5.02 Å². The molecule has 1 saturated heterocycles. The number of halogens is 1. The zero-order valence-corrected chi connectivity index (χ0v) is 9.96. The monoisotopic (exact) mass is 238 g/mol. The van der Waals surface area contributed by atoms with Crippen molar-refractivity contribution in [2.45, 2.75) is 18.1 Å². The number of anilines is 1. The molecule has 0 bridgehead atoms. The molecule has 3 rings (SSSR count). The van der Waals surface area contributed by atoms with E-state index in [2.05, 4.69) is 10.2 Å². The highest BCUT2D eigenvalue weighted by atomic mass is 35.5. The molecule has 1 aromatic carbocycles. The highest BCUT2D eigenvalue weighted by molar-refractivity contribution is 6.30. The second-order valence-electron chi connectivity index (χ2n) is 4.70. The minimum absolute atomic E-state index is 0.174. The van der Waals surface area contributed by atoms with Crippen LogP contribution in [-0.4, -0.2) is 30.8 Å². The number of hydrogen-bond donors (Lipinski definition) is 2. The summed E-state index contributed by atoms with van der Waals surface area (Å²) in [4.78, 5) is 2.18. The van der Waals surface area contributed by atoms with E-state index in [4.69, 9.17) is 11.6 Å². The molecule has 0 saturated carbocycles. The molecule has 2 N–H and O–H groups in total. The maximum atomic E-state index is 10.5. The van der Waals surface area contributed by atoms with Crippen molar-refractivity contribution in [2.24, 2.45) is 0 Å². The van der Waals surface area contributed by atoms with Gasteiger partial charge in [-0.15, -0.1) is 0 Å². The summed E-state index contributed by atoms with van der Waals surface area (Å²) in [5, 5.41) is 14.5. The van der Waals surface area contributed by atoms with Gasteiger partial charge in [0, 0.05) is 29.9 Å². The number of nitrogens with one attached hydrogen (secondary N) is 1. The van der Waals surface area contributed by atoms with Gasteiger partial charge in [-0.1, -0.05) is 17.7 Å². The predicted octanol–water partition coefficient (Wildman–Crippen LogP) is 1.56. The van der Waals surface area contributed by atoms with Crippen LogP contribution >= 0.6 is 11.6 Å². The number of rotatable bonds is 0. The average Bonchev–Trinajstić information content (AvgIpc) is 2.83. The molecule has 0 aliphatic carbocycles. The van der Waals surface area contributed by atoms with E-state index in [9.17, 15) is 5.11 Å². The maximum absolute atomic E-state index is 10.5. The molecular formula is C12H15ClN2O. The quantitative estimate of drug-likeness (QED) is 0.720. The minimum Gasteiger partial charge on any atom is -0.386 e. The number of nitrogens with zero attached hydrogens (tertiary/aromatic N) is 1. The van der Waals surface area contributed by atoms with Gasteiger partial charge in [-0.25, -0.2) is 0 Å². The molecule has 2 aliphatic rings. The third kappa shape index (κ3) is 1.16. The number of benzene rings is 1. The zero-order chi connectivity index (χ0) is 11.3. The molecule has 0 aromatic heterocycles. The maximum Gasteiger partial charge on any atom is 0.105 e. The lowest BCUT2D eigenvalue weighted by Gasteiger charge is -2.35. The standard InChI is InChI=1S/C12H15ClN2O/c1-15-10-6-8(13)2-3-9(10)11(16)12(15)4-5-14-7-12/h2-3,6,11,14,16H,4-5,7H2,1H3. The summed E-state index contributed by atoms with van der Waals surface area (Å²) < 4.78 is 0. The molecule has 86 valence electrons. The first-order chi connectivity index (χ1) is 7.65. The van der Waals surface area contributed by atoms with Gasteiger partial charge in [0.05, 0.1) is 5.54 Å². The average molecular weight is 239 g/mol. The van der Waals surface area contributed by atoms with Crippen molar-refractivity contribution in [2.75, 3.05) is 25.0 Å². The van der Waals surface area contributed by atoms with Crippen LogP contribution in [0, 0.1) is 0 Å². The van der Waals surface area contributed by atoms with Gasteiger partial charge in [-0.3, -0.25) is 0 Å². The van der Waals surface area contributed by atoms with Gasteiger partial charge in [0.1, 0.15) is 6.10 Å². The van der Waals surface area contributed by atoms with Gasteiger partial charge in [-0.05, 0) is 25.1 Å². The Morgan fingerprint density at radius 3 is 3.06 bits per heavy atom. The molecule has 1 aromatic rings. The van der Waals surface area contributed by atoms with Crippen LogP contribution < -0.4 is 10.2 Å². The third-order valence-corrected chi connectivity index (χ3v) is 4.23. The van der Waals surface area contributed by atoms with Crippen molar-refractivity contribution >= 4 is 17.3 Å². The molecule has 1 fully saturated rings. The molecule has 0 amide bonds. The van der Waals surface area contributed by atoms with Gasteiger partial charge >= 0.3 is 0 Å². The zero-order valence-electron chi connectivity index (χ0n) is 9.20. The Hall–Kier alpha value is -0.770. The van der Waals surface area contributed by atoms with E-state index >= 15 is 0 Å². The smallest absolute Gasteiger partial charge is 0.105 e. The van der Waals surface area contributed by atoms with Gasteiger partial charge < -0.3 is 15.3 Å². The van der Waals surface area contributed by atoms with Crippen LogP contribution in [0.1, 0.15) is 18.1 Å². The molecule has 2 aliphatic heterocycles. The molecule has 2 heterocycles. The Morgan fingerprint density at radius 1 is 1.56 bits per heavy atom. The minimum atomic E-state index is -0.417. The van der Waals surface area contributed by atoms with Crippen molar-refractivity contribution in [1.29, 1.82) is 0 Å². The lowest BCUT2D eigenvalue weighted by Crippen LogP contribution is -2.48. The summed E-state index contributed by atoms with van der Waals surface area (Å²) >= 11 is 6.01. The van der Waals surface area contributed by atoms with E-state index in [1.807, 2.05) is 25.2 Å². The fraction of sp³-hybridized carbons (Fsp3) is 0.500. The summed E-state index contributed by atoms with van der Waals surface area (Å²) in [7, 11) is 2.04. The van der Waals surface area contributed by atoms with Crippen LogP contribution in [0.3, 0.4) is 0 Å². The van der Waals surface area contributed by atoms with Crippen molar-refractivity contribution in [1.82, 2.24) is 5.32 Å². The molecule has 1 spiro atoms. The van der Waals surface area contributed by atoms with Crippen molar-refractivity contribution in [3.05, 3.63) is 28.8 Å². The Bertz CT molecular complexity index is 429. The van der Waals surface area contributed by atoms with Crippen molar-refractivity contribution in [3.8, 4) is 0 Å². The van der Waals surface area contributed by atoms with Crippen molar-refractivity contribution in [3.63, 3.8) is 0 Å². The van der Waals surface area contributed by atoms with Gasteiger partial charge in [0.25, 0.3) is 0 Å². The van der Waals surface area contributed by atoms with E-state index in [0.717, 1.165) is 35.8 Å². The first-order valence-corrected chi connectivity index (χ1v) is 5.95. The molecule has 2 atom stereocenters. The molecular weight excluding hydrogens is 224 g/mol. The summed E-state index contributed by atoms with van der Waals surface area (Å²) in [6.07, 6.45) is 0.552. The SMILES string of the molecule is CN1c2cc(Cl)ccc2C(O)C12CCNC2. The fourth-order valence-electron chi connectivity index (χ4n) is 2.97. The van der Waals surface area contributed by atoms with Crippen molar-refractivity contribution < 1.29 is 5.11 Å². The topological polar surface area (TPSA) is 35.5 Å². The molecule has 3 nitrogen and oxygen atoms in total. The lowest BCUT2D eigenvalue weighted by atomic mass is 9.90. The largest absolute Gasteiger partial charge is 0.386 e. The van der Waals surface area contributed by atoms with E-state index in [0.29, 0.717) is 0 Å². The normalized spacial score (nSPS) is 32.4. The second kappa shape index (κ2) is 3.36. The Kier molecular flexibility index (Phi) is 2.18. The summed E-state index contributed by atoms with van der Waals surface area (Å²) in [6.45, 7) is 1.79. The molecule has 2 unspecified atom stereocenters. The number of hydrogen-bond acceptors (Lipinski definition) is 3. The number of aliphatic hydroxyl groups excluding tert-OH is 1. The van der Waals surface area contributed by atoms with Gasteiger partial charge in [0.15, 0.2) is 0 Å². The first-order valence-electron chi connectivity index (χ1n) is 5.57. The van der Waals surface area contributed by atoms with Crippen LogP contribution in [0.25, 0.3) is 0 Å². The number of likely N-dealkylation sites (N-methyl/N-ethyl adjacent to an activating group) is 1. The van der Waals surface area contributed by atoms with Gasteiger partial charge in [0.2, 0.25) is 0 Å². The highest BCUT2D eigenvalue weighted by Crippen LogP contribution is 2.48. The molecule has 16 heavy (non-hydrogen) atoms. The Morgan fingerprint density at radius 2 is 2.38 bits per heavy atom. The van der Waals surface area contributed by atoms with E-state index in [1.54, 1.807) is 0 Å². The van der Waals surface area contributed by atoms with Crippen LogP contribution in [-0.2, 0) is 0 Å². The number of aliphatic hydroxyl groups is 1. The second-order valence-corrected chi connectivity index (χ2v) is 5.13. The van der Waals surface area contributed by atoms with Crippen LogP contribution in [0.15, 0.2) is 18.2 Å². The molecule has 0 radical (unpaired) electrons. The lowest BCUT2D eigenvalue weighted by molar-refractivity contribution is 0.105. The Balaban J connectivity index is 2.12.